The minimum absolute atomic E-state index is 0. The summed E-state index contributed by atoms with van der Waals surface area (Å²) in [6.45, 7) is 4.20. The van der Waals surface area contributed by atoms with Crippen LogP contribution in [0.4, 0.5) is 5.88 Å². The Kier molecular flexibility index (Phi) is 4.27. The van der Waals surface area contributed by atoms with Gasteiger partial charge in [-0.2, -0.15) is 0 Å². The maximum absolute atomic E-state index is 5.49. The summed E-state index contributed by atoms with van der Waals surface area (Å²) >= 11 is 0. The minimum atomic E-state index is 0. The molecule has 114 valence electrons. The third kappa shape index (κ3) is 2.77. The lowest BCUT2D eigenvalue weighted by Crippen LogP contribution is -3.00. The average molecular weight is 317 g/mol. The first-order chi connectivity index (χ1) is 10.4. The monoisotopic (exact) mass is 316 g/mol. The lowest BCUT2D eigenvalue weighted by molar-refractivity contribution is -0.655. The smallest absolute Gasteiger partial charge is 0.228 e. The molecule has 1 aliphatic rings. The van der Waals surface area contributed by atoms with Gasteiger partial charge in [0.1, 0.15) is 5.69 Å². The molecule has 2 aromatic heterocycles. The number of hydrogen-bond acceptors (Lipinski definition) is 4. The van der Waals surface area contributed by atoms with Crippen molar-refractivity contribution in [1.82, 2.24) is 10.1 Å². The van der Waals surface area contributed by atoms with Crippen LogP contribution in [0.25, 0.3) is 22.3 Å². The topological polar surface area (TPSA) is 58.8 Å². The first-order valence-corrected chi connectivity index (χ1v) is 7.30. The molecule has 6 heteroatoms. The van der Waals surface area contributed by atoms with Crippen molar-refractivity contribution in [2.75, 3.05) is 31.1 Å². The van der Waals surface area contributed by atoms with Gasteiger partial charge in [-0.25, -0.2) is 4.98 Å². The summed E-state index contributed by atoms with van der Waals surface area (Å²) in [5.74, 6) is 0.841. The molecule has 2 N–H and O–H groups in total. The Morgan fingerprint density at radius 1 is 1.00 bits per heavy atom. The second-order valence-corrected chi connectivity index (χ2v) is 5.29. The molecule has 0 radical (unpaired) electrons. The van der Waals surface area contributed by atoms with E-state index in [0.29, 0.717) is 0 Å². The average Bonchev–Trinajstić information content (AvgIpc) is 3.05. The van der Waals surface area contributed by atoms with Gasteiger partial charge in [-0.05, 0) is 12.1 Å². The normalized spacial score (nSPS) is 14.8. The number of fused-ring (bicyclic) bond motifs is 1. The van der Waals surface area contributed by atoms with Crippen LogP contribution in [0.5, 0.6) is 0 Å². The van der Waals surface area contributed by atoms with Crippen molar-refractivity contribution in [3.05, 3.63) is 42.5 Å². The molecule has 0 atom stereocenters. The van der Waals surface area contributed by atoms with E-state index in [9.17, 15) is 0 Å². The van der Waals surface area contributed by atoms with E-state index in [4.69, 9.17) is 4.52 Å². The van der Waals surface area contributed by atoms with Crippen LogP contribution in [0.1, 0.15) is 0 Å². The van der Waals surface area contributed by atoms with E-state index < -0.39 is 0 Å². The molecular weight excluding hydrogens is 300 g/mol. The number of rotatable bonds is 2. The SMILES string of the molecule is [Cl-].c1ccc2nc(-c3cc(N4CC[NH2+]CC4)on3)ccc2c1. The lowest BCUT2D eigenvalue weighted by Gasteiger charge is -2.23. The Morgan fingerprint density at radius 2 is 1.82 bits per heavy atom. The summed E-state index contributed by atoms with van der Waals surface area (Å²) in [5, 5.41) is 7.63. The fourth-order valence-corrected chi connectivity index (χ4v) is 2.71. The Labute approximate surface area is 134 Å². The Morgan fingerprint density at radius 3 is 2.68 bits per heavy atom. The van der Waals surface area contributed by atoms with Gasteiger partial charge >= 0.3 is 0 Å². The van der Waals surface area contributed by atoms with E-state index in [2.05, 4.69) is 32.5 Å². The second-order valence-electron chi connectivity index (χ2n) is 5.29. The number of anilines is 1. The number of piperazine rings is 1. The van der Waals surface area contributed by atoms with Crippen LogP contribution in [-0.4, -0.2) is 36.3 Å². The Balaban J connectivity index is 0.00000144. The summed E-state index contributed by atoms with van der Waals surface area (Å²) in [6.07, 6.45) is 0. The summed E-state index contributed by atoms with van der Waals surface area (Å²) < 4.78 is 5.49. The number of pyridine rings is 1. The molecule has 4 rings (SSSR count). The molecule has 3 aromatic rings. The number of nitrogens with zero attached hydrogens (tertiary/aromatic N) is 3. The van der Waals surface area contributed by atoms with E-state index in [1.807, 2.05) is 30.3 Å². The predicted octanol–water partition coefficient (Wildman–Crippen LogP) is -1.72. The van der Waals surface area contributed by atoms with Gasteiger partial charge in [0.15, 0.2) is 0 Å². The third-order valence-electron chi connectivity index (χ3n) is 3.88. The van der Waals surface area contributed by atoms with Gasteiger partial charge in [0.25, 0.3) is 0 Å². The fraction of sp³-hybridized carbons (Fsp3) is 0.250. The number of para-hydroxylation sites is 1. The molecule has 1 fully saturated rings. The standard InChI is InChI=1S/C16H16N4O.ClH/c1-2-4-13-12(3-1)5-6-14(18-13)15-11-16(21-19-15)20-9-7-17-8-10-20;/h1-6,11,17H,7-10H2;1H. The van der Waals surface area contributed by atoms with Crippen LogP contribution >= 0.6 is 0 Å². The molecule has 3 heterocycles. The molecule has 0 bridgehead atoms. The van der Waals surface area contributed by atoms with E-state index in [0.717, 1.165) is 54.4 Å². The Hall–Kier alpha value is -2.11. The Bertz CT molecular complexity index is 767. The minimum Gasteiger partial charge on any atom is -1.00 e. The highest BCUT2D eigenvalue weighted by Gasteiger charge is 2.18. The molecule has 1 saturated heterocycles. The summed E-state index contributed by atoms with van der Waals surface area (Å²) in [5.41, 5.74) is 2.63. The second kappa shape index (κ2) is 6.34. The van der Waals surface area contributed by atoms with Crippen LogP contribution in [0, 0.1) is 0 Å². The van der Waals surface area contributed by atoms with Crippen LogP contribution < -0.4 is 22.6 Å². The van der Waals surface area contributed by atoms with Crippen LogP contribution in [0.2, 0.25) is 0 Å². The lowest BCUT2D eigenvalue weighted by atomic mass is 10.2. The number of hydrogen-bond donors (Lipinski definition) is 1. The zero-order chi connectivity index (χ0) is 14.1. The molecule has 0 unspecified atom stereocenters. The predicted molar refractivity (Wildman–Crippen MR) is 81.1 cm³/mol. The first kappa shape index (κ1) is 14.8. The van der Waals surface area contributed by atoms with Gasteiger partial charge in [-0.3, -0.25) is 0 Å². The molecule has 22 heavy (non-hydrogen) atoms. The maximum atomic E-state index is 5.49. The van der Waals surface area contributed by atoms with Gasteiger partial charge in [-0.1, -0.05) is 29.4 Å². The van der Waals surface area contributed by atoms with E-state index in [1.54, 1.807) is 0 Å². The van der Waals surface area contributed by atoms with Crippen molar-refractivity contribution in [3.63, 3.8) is 0 Å². The van der Waals surface area contributed by atoms with Crippen LogP contribution in [0.15, 0.2) is 47.0 Å². The number of quaternary nitrogens is 1. The molecule has 1 aromatic carbocycles. The van der Waals surface area contributed by atoms with Crippen molar-refractivity contribution in [2.45, 2.75) is 0 Å². The highest BCUT2D eigenvalue weighted by Crippen LogP contribution is 2.24. The van der Waals surface area contributed by atoms with E-state index in [1.165, 1.54) is 0 Å². The van der Waals surface area contributed by atoms with Gasteiger partial charge in [0, 0.05) is 11.5 Å². The molecule has 5 nitrogen and oxygen atoms in total. The maximum Gasteiger partial charge on any atom is 0.228 e. The van der Waals surface area contributed by atoms with Crippen LogP contribution in [-0.2, 0) is 0 Å². The van der Waals surface area contributed by atoms with Gasteiger partial charge < -0.3 is 27.1 Å². The quantitative estimate of drug-likeness (QED) is 0.611. The molecule has 0 saturated carbocycles. The zero-order valence-electron chi connectivity index (χ0n) is 12.1. The zero-order valence-corrected chi connectivity index (χ0v) is 12.8. The van der Waals surface area contributed by atoms with Gasteiger partial charge in [0.2, 0.25) is 5.88 Å². The van der Waals surface area contributed by atoms with E-state index >= 15 is 0 Å². The number of benzene rings is 1. The van der Waals surface area contributed by atoms with Crippen molar-refractivity contribution in [2.24, 2.45) is 0 Å². The number of nitrogens with two attached hydrogens (primary N) is 1. The van der Waals surface area contributed by atoms with Gasteiger partial charge in [-0.15, -0.1) is 0 Å². The van der Waals surface area contributed by atoms with Crippen molar-refractivity contribution >= 4 is 16.8 Å². The van der Waals surface area contributed by atoms with Gasteiger partial charge in [0.05, 0.1) is 37.4 Å². The summed E-state index contributed by atoms with van der Waals surface area (Å²) in [4.78, 5) is 6.89. The molecular formula is C16H17ClN4O. The van der Waals surface area contributed by atoms with E-state index in [-0.39, 0.29) is 12.4 Å². The number of halogens is 1. The molecule has 0 spiro atoms. The molecule has 0 amide bonds. The molecule has 0 aliphatic carbocycles. The van der Waals surface area contributed by atoms with Crippen molar-refractivity contribution in [3.8, 4) is 11.4 Å². The highest BCUT2D eigenvalue weighted by molar-refractivity contribution is 5.81. The fourth-order valence-electron chi connectivity index (χ4n) is 2.71. The first-order valence-electron chi connectivity index (χ1n) is 7.30. The van der Waals surface area contributed by atoms with Crippen LogP contribution in [0.3, 0.4) is 0 Å². The summed E-state index contributed by atoms with van der Waals surface area (Å²) in [7, 11) is 0. The van der Waals surface area contributed by atoms with Crippen molar-refractivity contribution in [1.29, 1.82) is 0 Å². The largest absolute Gasteiger partial charge is 1.00 e. The third-order valence-corrected chi connectivity index (χ3v) is 3.88. The molecule has 1 aliphatic heterocycles. The highest BCUT2D eigenvalue weighted by atomic mass is 35.5. The van der Waals surface area contributed by atoms with Crippen molar-refractivity contribution < 1.29 is 22.2 Å². The number of aromatic nitrogens is 2. The summed E-state index contributed by atoms with van der Waals surface area (Å²) in [6, 6.07) is 14.1.